The van der Waals surface area contributed by atoms with E-state index < -0.39 is 0 Å². The molecular weight excluding hydrogens is 278 g/mol. The summed E-state index contributed by atoms with van der Waals surface area (Å²) < 4.78 is 1.60. The highest BCUT2D eigenvalue weighted by Crippen LogP contribution is 2.23. The molecule has 0 N–H and O–H groups in total. The van der Waals surface area contributed by atoms with Gasteiger partial charge in [0.25, 0.3) is 5.56 Å². The summed E-state index contributed by atoms with van der Waals surface area (Å²) >= 11 is 0. The Bertz CT molecular complexity index is 698. The van der Waals surface area contributed by atoms with Gasteiger partial charge in [-0.05, 0) is 6.07 Å². The quantitative estimate of drug-likeness (QED) is 0.858. The van der Waals surface area contributed by atoms with Crippen LogP contribution < -0.4 is 10.5 Å². The molecule has 3 rings (SSSR count). The second-order valence-electron chi connectivity index (χ2n) is 6.82. The standard InChI is InChI=1S/C16H21N5O/c1-16(2,3)13-4-5-15(22)21(19-13)11-12-9-20(10-12)14-8-17-6-7-18-14/h4-8,12H,9-11H2,1-3H3. The molecule has 0 aromatic carbocycles. The summed E-state index contributed by atoms with van der Waals surface area (Å²) in [5.74, 6) is 1.31. The molecule has 1 saturated heterocycles. The molecule has 2 aromatic rings. The van der Waals surface area contributed by atoms with Gasteiger partial charge in [-0.3, -0.25) is 9.78 Å². The summed E-state index contributed by atoms with van der Waals surface area (Å²) in [5, 5.41) is 4.52. The SMILES string of the molecule is CC(C)(C)c1ccc(=O)n(CC2CN(c3cnccn3)C2)n1. The third kappa shape index (κ3) is 3.00. The van der Waals surface area contributed by atoms with E-state index in [1.807, 2.05) is 6.07 Å². The van der Waals surface area contributed by atoms with Gasteiger partial charge in [-0.25, -0.2) is 9.67 Å². The molecule has 0 spiro atoms. The van der Waals surface area contributed by atoms with Gasteiger partial charge in [0, 0.05) is 42.9 Å². The Balaban J connectivity index is 1.67. The second kappa shape index (κ2) is 5.51. The van der Waals surface area contributed by atoms with Gasteiger partial charge >= 0.3 is 0 Å². The molecule has 0 bridgehead atoms. The molecule has 2 aromatic heterocycles. The van der Waals surface area contributed by atoms with Gasteiger partial charge in [-0.15, -0.1) is 0 Å². The zero-order valence-electron chi connectivity index (χ0n) is 13.2. The molecule has 0 saturated carbocycles. The summed E-state index contributed by atoms with van der Waals surface area (Å²) in [5.41, 5.74) is 0.851. The molecular formula is C16H21N5O. The molecule has 0 aliphatic carbocycles. The van der Waals surface area contributed by atoms with Crippen LogP contribution in [0.15, 0.2) is 35.5 Å². The van der Waals surface area contributed by atoms with E-state index in [0.717, 1.165) is 24.6 Å². The van der Waals surface area contributed by atoms with Crippen LogP contribution in [0.5, 0.6) is 0 Å². The van der Waals surface area contributed by atoms with Crippen LogP contribution in [0.4, 0.5) is 5.82 Å². The maximum atomic E-state index is 12.0. The number of aromatic nitrogens is 4. The lowest BCUT2D eigenvalue weighted by Crippen LogP contribution is -2.50. The Labute approximate surface area is 129 Å². The van der Waals surface area contributed by atoms with Gasteiger partial charge in [0.1, 0.15) is 5.82 Å². The van der Waals surface area contributed by atoms with E-state index in [1.54, 1.807) is 29.3 Å². The first-order valence-electron chi connectivity index (χ1n) is 7.53. The van der Waals surface area contributed by atoms with Crippen LogP contribution in [0.25, 0.3) is 0 Å². The summed E-state index contributed by atoms with van der Waals surface area (Å²) in [4.78, 5) is 22.5. The normalized spacial score (nSPS) is 15.7. The smallest absolute Gasteiger partial charge is 0.266 e. The van der Waals surface area contributed by atoms with Crippen LogP contribution in [0, 0.1) is 5.92 Å². The van der Waals surface area contributed by atoms with E-state index in [4.69, 9.17) is 0 Å². The van der Waals surface area contributed by atoms with Crippen molar-refractivity contribution in [3.63, 3.8) is 0 Å². The van der Waals surface area contributed by atoms with Crippen LogP contribution in [-0.2, 0) is 12.0 Å². The van der Waals surface area contributed by atoms with Crippen molar-refractivity contribution in [1.82, 2.24) is 19.7 Å². The van der Waals surface area contributed by atoms with Crippen molar-refractivity contribution in [2.45, 2.75) is 32.7 Å². The topological polar surface area (TPSA) is 63.9 Å². The van der Waals surface area contributed by atoms with E-state index >= 15 is 0 Å². The third-order valence-corrected chi connectivity index (χ3v) is 3.90. The number of nitrogens with zero attached hydrogens (tertiary/aromatic N) is 5. The van der Waals surface area contributed by atoms with Gasteiger partial charge in [0.15, 0.2) is 0 Å². The Morgan fingerprint density at radius 3 is 2.64 bits per heavy atom. The molecule has 1 aliphatic rings. The first-order valence-corrected chi connectivity index (χ1v) is 7.53. The van der Waals surface area contributed by atoms with Crippen LogP contribution in [0.2, 0.25) is 0 Å². The lowest BCUT2D eigenvalue weighted by molar-refractivity contribution is 0.327. The van der Waals surface area contributed by atoms with Crippen molar-refractivity contribution in [3.8, 4) is 0 Å². The predicted molar refractivity (Wildman–Crippen MR) is 84.9 cm³/mol. The predicted octanol–water partition coefficient (Wildman–Crippen LogP) is 1.47. The summed E-state index contributed by atoms with van der Waals surface area (Å²) in [6.45, 7) is 8.72. The molecule has 6 nitrogen and oxygen atoms in total. The number of hydrogen-bond donors (Lipinski definition) is 0. The first-order chi connectivity index (χ1) is 10.4. The summed E-state index contributed by atoms with van der Waals surface area (Å²) in [7, 11) is 0. The van der Waals surface area contributed by atoms with Gasteiger partial charge < -0.3 is 4.90 Å². The minimum absolute atomic E-state index is 0.0362. The van der Waals surface area contributed by atoms with Crippen molar-refractivity contribution in [2.75, 3.05) is 18.0 Å². The van der Waals surface area contributed by atoms with Crippen molar-refractivity contribution in [1.29, 1.82) is 0 Å². The molecule has 22 heavy (non-hydrogen) atoms. The molecule has 6 heteroatoms. The zero-order valence-corrected chi connectivity index (χ0v) is 13.2. The highest BCUT2D eigenvalue weighted by molar-refractivity contribution is 5.38. The lowest BCUT2D eigenvalue weighted by atomic mass is 9.92. The second-order valence-corrected chi connectivity index (χ2v) is 6.82. The number of anilines is 1. The number of hydrogen-bond acceptors (Lipinski definition) is 5. The fourth-order valence-corrected chi connectivity index (χ4v) is 2.55. The van der Waals surface area contributed by atoms with Crippen LogP contribution >= 0.6 is 0 Å². The van der Waals surface area contributed by atoms with E-state index in [1.165, 1.54) is 0 Å². The minimum atomic E-state index is -0.0548. The van der Waals surface area contributed by atoms with Gasteiger partial charge in [0.05, 0.1) is 18.4 Å². The van der Waals surface area contributed by atoms with Crippen LogP contribution in [-0.4, -0.2) is 32.8 Å². The molecule has 0 unspecified atom stereocenters. The maximum absolute atomic E-state index is 12.0. The fraction of sp³-hybridized carbons (Fsp3) is 0.500. The maximum Gasteiger partial charge on any atom is 0.266 e. The molecule has 0 radical (unpaired) electrons. The fourth-order valence-electron chi connectivity index (χ4n) is 2.55. The van der Waals surface area contributed by atoms with E-state index in [9.17, 15) is 4.79 Å². The summed E-state index contributed by atoms with van der Waals surface area (Å²) in [6, 6.07) is 3.44. The Hall–Kier alpha value is -2.24. The average molecular weight is 299 g/mol. The van der Waals surface area contributed by atoms with Crippen LogP contribution in [0.3, 0.4) is 0 Å². The Kier molecular flexibility index (Phi) is 3.68. The monoisotopic (exact) mass is 299 g/mol. The Morgan fingerprint density at radius 2 is 2.00 bits per heavy atom. The molecule has 1 fully saturated rings. The van der Waals surface area contributed by atoms with E-state index in [-0.39, 0.29) is 11.0 Å². The van der Waals surface area contributed by atoms with Gasteiger partial charge in [-0.1, -0.05) is 20.8 Å². The van der Waals surface area contributed by atoms with Crippen molar-refractivity contribution >= 4 is 5.82 Å². The van der Waals surface area contributed by atoms with Crippen molar-refractivity contribution < 1.29 is 0 Å². The first kappa shape index (κ1) is 14.7. The van der Waals surface area contributed by atoms with Crippen molar-refractivity contribution in [2.24, 2.45) is 5.92 Å². The zero-order chi connectivity index (χ0) is 15.7. The number of rotatable bonds is 3. The minimum Gasteiger partial charge on any atom is -0.355 e. The summed E-state index contributed by atoms with van der Waals surface area (Å²) in [6.07, 6.45) is 5.13. The largest absolute Gasteiger partial charge is 0.355 e. The highest BCUT2D eigenvalue weighted by Gasteiger charge is 2.29. The molecule has 3 heterocycles. The third-order valence-electron chi connectivity index (χ3n) is 3.90. The lowest BCUT2D eigenvalue weighted by Gasteiger charge is -2.39. The average Bonchev–Trinajstić information content (AvgIpc) is 2.43. The van der Waals surface area contributed by atoms with Crippen molar-refractivity contribution in [3.05, 3.63) is 46.8 Å². The molecule has 0 atom stereocenters. The van der Waals surface area contributed by atoms with E-state index in [0.29, 0.717) is 12.5 Å². The Morgan fingerprint density at radius 1 is 1.23 bits per heavy atom. The van der Waals surface area contributed by atoms with Crippen LogP contribution in [0.1, 0.15) is 26.5 Å². The van der Waals surface area contributed by atoms with Gasteiger partial charge in [-0.2, -0.15) is 5.10 Å². The molecule has 116 valence electrons. The van der Waals surface area contributed by atoms with Gasteiger partial charge in [0.2, 0.25) is 0 Å². The highest BCUT2D eigenvalue weighted by atomic mass is 16.1. The molecule has 1 aliphatic heterocycles. The van der Waals surface area contributed by atoms with E-state index in [2.05, 4.69) is 40.7 Å². The molecule has 0 amide bonds.